The van der Waals surface area contributed by atoms with Crippen molar-refractivity contribution in [2.24, 2.45) is 0 Å². The Balaban J connectivity index is 1.33. The van der Waals surface area contributed by atoms with Crippen molar-refractivity contribution in [3.8, 4) is 0 Å². The highest BCUT2D eigenvalue weighted by Gasteiger charge is 2.41. The van der Waals surface area contributed by atoms with Crippen molar-refractivity contribution in [1.82, 2.24) is 15.5 Å². The van der Waals surface area contributed by atoms with Gasteiger partial charge in [-0.1, -0.05) is 30.3 Å². The Morgan fingerprint density at radius 3 is 2.50 bits per heavy atom. The Hall–Kier alpha value is -3.92. The maximum Gasteiger partial charge on any atom is 0.310 e. The number of carbonyl (C=O) groups is 4. The third-order valence-electron chi connectivity index (χ3n) is 6.75. The zero-order valence-corrected chi connectivity index (χ0v) is 21.9. The number of likely N-dealkylation sites (tertiary alicyclic amines) is 1. The number of esters is 1. The molecule has 0 spiro atoms. The summed E-state index contributed by atoms with van der Waals surface area (Å²) in [5, 5.41) is 5.59. The summed E-state index contributed by atoms with van der Waals surface area (Å²) in [6.45, 7) is 2.25. The third kappa shape index (κ3) is 6.49. The van der Waals surface area contributed by atoms with Crippen LogP contribution in [-0.2, 0) is 30.5 Å². The smallest absolute Gasteiger partial charge is 0.310 e. The average Bonchev–Trinajstić information content (AvgIpc) is 3.54. The average molecular weight is 523 g/mol. The molecule has 4 rings (SSSR count). The topological polar surface area (TPSA) is 117 Å². The van der Waals surface area contributed by atoms with E-state index in [0.717, 1.165) is 11.3 Å². The predicted octanol–water partition coefficient (Wildman–Crippen LogP) is 1.84. The normalized spacial score (nSPS) is 21.5. The van der Waals surface area contributed by atoms with Crippen LogP contribution in [0.3, 0.4) is 0 Å². The van der Waals surface area contributed by atoms with Gasteiger partial charge in [0.05, 0.1) is 13.0 Å². The molecule has 2 aromatic carbocycles. The van der Waals surface area contributed by atoms with Crippen LogP contribution in [0.1, 0.15) is 42.1 Å². The van der Waals surface area contributed by atoms with Gasteiger partial charge in [0.25, 0.3) is 5.91 Å². The van der Waals surface area contributed by atoms with Gasteiger partial charge in [0.15, 0.2) is 0 Å². The number of anilines is 1. The lowest BCUT2D eigenvalue weighted by atomic mass is 10.1. The first-order valence-electron chi connectivity index (χ1n) is 12.8. The Labute approximate surface area is 222 Å². The minimum absolute atomic E-state index is 0.00899. The van der Waals surface area contributed by atoms with Gasteiger partial charge in [0.1, 0.15) is 18.1 Å². The highest BCUT2D eigenvalue weighted by Crippen LogP contribution is 2.22. The van der Waals surface area contributed by atoms with Gasteiger partial charge in [-0.15, -0.1) is 0 Å². The summed E-state index contributed by atoms with van der Waals surface area (Å²) in [7, 11) is 3.82. The highest BCUT2D eigenvalue weighted by atomic mass is 16.7. The van der Waals surface area contributed by atoms with Crippen molar-refractivity contribution in [1.29, 1.82) is 0 Å². The van der Waals surface area contributed by atoms with E-state index in [9.17, 15) is 19.2 Å². The summed E-state index contributed by atoms with van der Waals surface area (Å²) in [5.74, 6) is -1.53. The number of hydrogen-bond acceptors (Lipinski definition) is 7. The number of carbonyl (C=O) groups excluding carboxylic acids is 4. The molecule has 4 atom stereocenters. The van der Waals surface area contributed by atoms with E-state index in [0.29, 0.717) is 24.9 Å². The van der Waals surface area contributed by atoms with Crippen molar-refractivity contribution in [2.75, 3.05) is 25.5 Å². The SMILES string of the molecule is C[C@H](NC(=O)c1ccc(N(C)C)cc1)C(=O)N1CCC[C@H]1C(=O)N[C@H]1CC(=O)OC1OCc1ccccc1. The number of amides is 3. The number of benzene rings is 2. The first-order valence-corrected chi connectivity index (χ1v) is 12.8. The first-order chi connectivity index (χ1) is 18.2. The molecule has 3 amide bonds. The summed E-state index contributed by atoms with van der Waals surface area (Å²) in [6.07, 6.45) is 0.228. The lowest BCUT2D eigenvalue weighted by molar-refractivity contribution is -0.168. The molecule has 202 valence electrons. The van der Waals surface area contributed by atoms with Crippen LogP contribution in [0.25, 0.3) is 0 Å². The van der Waals surface area contributed by atoms with Gasteiger partial charge < -0.3 is 29.9 Å². The molecule has 2 N–H and O–H groups in total. The molecule has 0 bridgehead atoms. The van der Waals surface area contributed by atoms with Crippen LogP contribution in [-0.4, -0.2) is 73.6 Å². The summed E-state index contributed by atoms with van der Waals surface area (Å²) in [6, 6.07) is 14.3. The van der Waals surface area contributed by atoms with Crippen molar-refractivity contribution >= 4 is 29.4 Å². The highest BCUT2D eigenvalue weighted by molar-refractivity contribution is 5.98. The van der Waals surface area contributed by atoms with Crippen LogP contribution in [0.4, 0.5) is 5.69 Å². The molecule has 1 unspecified atom stereocenters. The van der Waals surface area contributed by atoms with Crippen LogP contribution in [0.15, 0.2) is 54.6 Å². The lowest BCUT2D eigenvalue weighted by Crippen LogP contribution is -2.54. The number of rotatable bonds is 9. The van der Waals surface area contributed by atoms with Crippen LogP contribution >= 0.6 is 0 Å². The second-order valence-corrected chi connectivity index (χ2v) is 9.80. The molecular formula is C28H34N4O6. The quantitative estimate of drug-likeness (QED) is 0.483. The number of nitrogens with one attached hydrogen (secondary N) is 2. The van der Waals surface area contributed by atoms with Crippen molar-refractivity contribution < 1.29 is 28.7 Å². The molecule has 0 aromatic heterocycles. The summed E-state index contributed by atoms with van der Waals surface area (Å²) >= 11 is 0. The standard InChI is InChI=1S/C28H34N4O6/c1-18(29-25(34)20-11-13-21(14-12-20)31(2)3)27(36)32-15-7-10-23(32)26(35)30-22-16-24(33)38-28(22)37-17-19-8-5-4-6-9-19/h4-6,8-9,11-14,18,22-23,28H,7,10,15-17H2,1-3H3,(H,29,34)(H,30,35)/t18-,22-,23-,28?/m0/s1. The largest absolute Gasteiger partial charge is 0.433 e. The van der Waals surface area contributed by atoms with Gasteiger partial charge in [-0.05, 0) is 49.6 Å². The van der Waals surface area contributed by atoms with Crippen LogP contribution < -0.4 is 15.5 Å². The maximum atomic E-state index is 13.2. The molecule has 10 nitrogen and oxygen atoms in total. The lowest BCUT2D eigenvalue weighted by Gasteiger charge is -2.28. The monoisotopic (exact) mass is 522 g/mol. The molecule has 2 saturated heterocycles. The second-order valence-electron chi connectivity index (χ2n) is 9.80. The Morgan fingerprint density at radius 2 is 1.82 bits per heavy atom. The molecular weight excluding hydrogens is 488 g/mol. The van der Waals surface area contributed by atoms with Crippen LogP contribution in [0.2, 0.25) is 0 Å². The molecule has 2 aliphatic rings. The number of hydrogen-bond donors (Lipinski definition) is 2. The van der Waals surface area contributed by atoms with Crippen molar-refractivity contribution in [3.05, 3.63) is 65.7 Å². The van der Waals surface area contributed by atoms with E-state index in [1.54, 1.807) is 19.1 Å². The van der Waals surface area contributed by atoms with Gasteiger partial charge in [0, 0.05) is 31.9 Å². The summed E-state index contributed by atoms with van der Waals surface area (Å²) in [5.41, 5.74) is 2.31. The van der Waals surface area contributed by atoms with E-state index >= 15 is 0 Å². The summed E-state index contributed by atoms with van der Waals surface area (Å²) < 4.78 is 11.0. The Kier molecular flexibility index (Phi) is 8.62. The predicted molar refractivity (Wildman–Crippen MR) is 140 cm³/mol. The molecule has 0 radical (unpaired) electrons. The second kappa shape index (κ2) is 12.1. The van der Waals surface area contributed by atoms with E-state index in [1.807, 2.05) is 61.5 Å². The number of ether oxygens (including phenoxy) is 2. The minimum atomic E-state index is -0.908. The molecule has 38 heavy (non-hydrogen) atoms. The van der Waals surface area contributed by atoms with Gasteiger partial charge in [-0.25, -0.2) is 0 Å². The Morgan fingerprint density at radius 1 is 1.11 bits per heavy atom. The molecule has 0 aliphatic carbocycles. The van der Waals surface area contributed by atoms with Gasteiger partial charge >= 0.3 is 5.97 Å². The fourth-order valence-electron chi connectivity index (χ4n) is 4.64. The third-order valence-corrected chi connectivity index (χ3v) is 6.75. The number of nitrogens with zero attached hydrogens (tertiary/aromatic N) is 2. The Bertz CT molecular complexity index is 1150. The fraction of sp³-hybridized carbons (Fsp3) is 0.429. The first kappa shape index (κ1) is 27.1. The van der Waals surface area contributed by atoms with Gasteiger partial charge in [-0.2, -0.15) is 0 Å². The zero-order valence-electron chi connectivity index (χ0n) is 21.9. The zero-order chi connectivity index (χ0) is 27.2. The van der Waals surface area contributed by atoms with Crippen molar-refractivity contribution in [3.63, 3.8) is 0 Å². The van der Waals surface area contributed by atoms with E-state index in [-0.39, 0.29) is 30.7 Å². The number of cyclic esters (lactones) is 1. The maximum absolute atomic E-state index is 13.2. The molecule has 0 saturated carbocycles. The van der Waals surface area contributed by atoms with Gasteiger partial charge in [-0.3, -0.25) is 19.2 Å². The van der Waals surface area contributed by atoms with E-state index in [4.69, 9.17) is 9.47 Å². The van der Waals surface area contributed by atoms with E-state index < -0.39 is 30.4 Å². The van der Waals surface area contributed by atoms with E-state index in [1.165, 1.54) is 4.90 Å². The molecule has 10 heteroatoms. The molecule has 2 heterocycles. The molecule has 2 aromatic rings. The summed E-state index contributed by atoms with van der Waals surface area (Å²) in [4.78, 5) is 54.5. The fourth-order valence-corrected chi connectivity index (χ4v) is 4.64. The van der Waals surface area contributed by atoms with E-state index in [2.05, 4.69) is 10.6 Å². The molecule has 2 aliphatic heterocycles. The van der Waals surface area contributed by atoms with Crippen LogP contribution in [0, 0.1) is 0 Å². The van der Waals surface area contributed by atoms with Crippen molar-refractivity contribution in [2.45, 2.75) is 57.2 Å². The minimum Gasteiger partial charge on any atom is -0.433 e. The van der Waals surface area contributed by atoms with Crippen LogP contribution in [0.5, 0.6) is 0 Å². The van der Waals surface area contributed by atoms with Gasteiger partial charge in [0.2, 0.25) is 18.1 Å². The molecule has 2 fully saturated rings.